The second kappa shape index (κ2) is 9.38. The molecule has 1 aliphatic rings. The summed E-state index contributed by atoms with van der Waals surface area (Å²) in [7, 11) is 0. The molecule has 0 saturated carbocycles. The third kappa shape index (κ3) is 4.70. The van der Waals surface area contributed by atoms with Crippen molar-refractivity contribution in [2.45, 2.75) is 26.3 Å². The van der Waals surface area contributed by atoms with Gasteiger partial charge in [0.1, 0.15) is 17.0 Å². The van der Waals surface area contributed by atoms with Crippen LogP contribution in [0.1, 0.15) is 24.5 Å². The molecule has 1 aliphatic heterocycles. The lowest BCUT2D eigenvalue weighted by molar-refractivity contribution is -0.121. The van der Waals surface area contributed by atoms with Gasteiger partial charge in [-0.1, -0.05) is 53.7 Å². The highest BCUT2D eigenvalue weighted by Crippen LogP contribution is 2.33. The molecule has 4 aromatic rings. The number of anilines is 1. The van der Waals surface area contributed by atoms with Crippen LogP contribution >= 0.6 is 0 Å². The number of hydrogen-bond donors (Lipinski definition) is 1. The minimum Gasteiger partial charge on any atom is -0.419 e. The summed E-state index contributed by atoms with van der Waals surface area (Å²) in [6.45, 7) is 3.98. The lowest BCUT2D eigenvalue weighted by Crippen LogP contribution is -2.37. The first kappa shape index (κ1) is 21.1. The molecular formula is C25H25N5O3. The van der Waals surface area contributed by atoms with Crippen LogP contribution < -0.4 is 5.32 Å². The number of benzene rings is 2. The fourth-order valence-corrected chi connectivity index (χ4v) is 4.15. The zero-order valence-electron chi connectivity index (χ0n) is 18.4. The smallest absolute Gasteiger partial charge is 0.253 e. The van der Waals surface area contributed by atoms with E-state index in [1.165, 1.54) is 0 Å². The number of rotatable bonds is 6. The quantitative estimate of drug-likeness (QED) is 0.467. The summed E-state index contributed by atoms with van der Waals surface area (Å²) < 4.78 is 11.4. The van der Waals surface area contributed by atoms with Crippen molar-refractivity contribution in [1.82, 2.24) is 20.3 Å². The minimum absolute atomic E-state index is 0.00721. The second-order valence-electron chi connectivity index (χ2n) is 8.24. The Bertz CT molecular complexity index is 1210. The number of likely N-dealkylation sites (tertiary alicyclic amines) is 1. The molecule has 1 amide bonds. The van der Waals surface area contributed by atoms with E-state index in [4.69, 9.17) is 8.94 Å². The molecule has 0 aliphatic carbocycles. The number of nitrogens with one attached hydrogen (secondary N) is 1. The number of carbonyl (C=O) groups is 1. The molecule has 1 fully saturated rings. The van der Waals surface area contributed by atoms with Gasteiger partial charge in [-0.3, -0.25) is 9.69 Å². The molecule has 1 N–H and O–H groups in total. The van der Waals surface area contributed by atoms with E-state index in [9.17, 15) is 4.79 Å². The molecule has 2 aromatic heterocycles. The lowest BCUT2D eigenvalue weighted by Gasteiger charge is -2.30. The number of nitrogens with zero attached hydrogens (tertiary/aromatic N) is 4. The number of aryl methyl sites for hydroxylation is 1. The Morgan fingerprint density at radius 1 is 1.03 bits per heavy atom. The van der Waals surface area contributed by atoms with Gasteiger partial charge in [0.2, 0.25) is 11.8 Å². The third-order valence-corrected chi connectivity index (χ3v) is 5.95. The predicted octanol–water partition coefficient (Wildman–Crippen LogP) is 4.55. The van der Waals surface area contributed by atoms with Crippen LogP contribution in [0.5, 0.6) is 0 Å². The number of carbonyl (C=O) groups excluding carboxylic acids is 1. The molecule has 8 heteroatoms. The van der Waals surface area contributed by atoms with Crippen LogP contribution in [0.15, 0.2) is 69.6 Å². The van der Waals surface area contributed by atoms with E-state index in [-0.39, 0.29) is 11.8 Å². The fraction of sp³-hybridized carbons (Fsp3) is 0.280. The number of amides is 1. The Morgan fingerprint density at radius 3 is 2.45 bits per heavy atom. The van der Waals surface area contributed by atoms with Crippen LogP contribution in [0, 0.1) is 12.8 Å². The van der Waals surface area contributed by atoms with Crippen molar-refractivity contribution in [2.24, 2.45) is 5.92 Å². The first-order valence-electron chi connectivity index (χ1n) is 11.1. The van der Waals surface area contributed by atoms with Gasteiger partial charge in [0.15, 0.2) is 0 Å². The zero-order chi connectivity index (χ0) is 22.6. The average Bonchev–Trinajstić information content (AvgIpc) is 3.46. The van der Waals surface area contributed by atoms with E-state index in [2.05, 4.69) is 25.6 Å². The Hall–Kier alpha value is -3.78. The molecule has 0 bridgehead atoms. The molecule has 5 rings (SSSR count). The van der Waals surface area contributed by atoms with Gasteiger partial charge in [-0.2, -0.15) is 0 Å². The minimum atomic E-state index is 0.00721. The fourth-order valence-electron chi connectivity index (χ4n) is 4.15. The highest BCUT2D eigenvalue weighted by molar-refractivity contribution is 5.92. The van der Waals surface area contributed by atoms with Crippen molar-refractivity contribution >= 4 is 11.6 Å². The van der Waals surface area contributed by atoms with Gasteiger partial charge < -0.3 is 14.3 Å². The Balaban J connectivity index is 1.21. The van der Waals surface area contributed by atoms with Crippen molar-refractivity contribution in [1.29, 1.82) is 0 Å². The number of hydrogen-bond acceptors (Lipinski definition) is 7. The van der Waals surface area contributed by atoms with E-state index < -0.39 is 0 Å². The van der Waals surface area contributed by atoms with Gasteiger partial charge >= 0.3 is 0 Å². The van der Waals surface area contributed by atoms with Crippen molar-refractivity contribution in [3.63, 3.8) is 0 Å². The van der Waals surface area contributed by atoms with Gasteiger partial charge in [-0.15, -0.1) is 10.2 Å². The van der Waals surface area contributed by atoms with E-state index in [0.29, 0.717) is 29.8 Å². The summed E-state index contributed by atoms with van der Waals surface area (Å²) in [5.74, 6) is 1.66. The Labute approximate surface area is 191 Å². The highest BCUT2D eigenvalue weighted by atomic mass is 16.5. The second-order valence-corrected chi connectivity index (χ2v) is 8.24. The molecule has 168 valence electrons. The summed E-state index contributed by atoms with van der Waals surface area (Å²) in [5, 5.41) is 15.7. The molecule has 33 heavy (non-hydrogen) atoms. The molecule has 0 atom stereocenters. The predicted molar refractivity (Wildman–Crippen MR) is 123 cm³/mol. The standard InChI is InChI=1S/C25H25N5O3/c1-17-22(23(29-33-17)18-8-4-2-5-9-18)25-28-27-21(32-25)16-30-14-12-19(13-15-30)24(31)26-20-10-6-3-7-11-20/h2-11,19H,12-16H2,1H3,(H,26,31). The van der Waals surface area contributed by atoms with Crippen LogP contribution in [-0.4, -0.2) is 39.3 Å². The molecule has 0 spiro atoms. The monoisotopic (exact) mass is 443 g/mol. The van der Waals surface area contributed by atoms with E-state index >= 15 is 0 Å². The number of piperidine rings is 1. The van der Waals surface area contributed by atoms with Crippen LogP contribution in [0.25, 0.3) is 22.7 Å². The van der Waals surface area contributed by atoms with Gasteiger partial charge in [0.25, 0.3) is 5.89 Å². The summed E-state index contributed by atoms with van der Waals surface area (Å²) in [6, 6.07) is 19.4. The van der Waals surface area contributed by atoms with E-state index in [1.807, 2.05) is 67.6 Å². The SMILES string of the molecule is Cc1onc(-c2ccccc2)c1-c1nnc(CN2CCC(C(=O)Nc3ccccc3)CC2)o1. The van der Waals surface area contributed by atoms with Gasteiger partial charge in [-0.25, -0.2) is 0 Å². The first-order valence-corrected chi connectivity index (χ1v) is 11.1. The largest absolute Gasteiger partial charge is 0.419 e. The van der Waals surface area contributed by atoms with Crippen molar-refractivity contribution in [3.8, 4) is 22.7 Å². The lowest BCUT2D eigenvalue weighted by atomic mass is 9.96. The van der Waals surface area contributed by atoms with Crippen LogP contribution in [0.4, 0.5) is 5.69 Å². The van der Waals surface area contributed by atoms with Crippen LogP contribution in [-0.2, 0) is 11.3 Å². The Kier molecular flexibility index (Phi) is 5.99. The number of para-hydroxylation sites is 1. The zero-order valence-corrected chi connectivity index (χ0v) is 18.4. The maximum absolute atomic E-state index is 12.6. The van der Waals surface area contributed by atoms with Gasteiger partial charge in [-0.05, 0) is 45.0 Å². The summed E-state index contributed by atoms with van der Waals surface area (Å²) >= 11 is 0. The summed E-state index contributed by atoms with van der Waals surface area (Å²) in [5.41, 5.74) is 3.17. The maximum Gasteiger partial charge on any atom is 0.253 e. The normalized spacial score (nSPS) is 14.9. The van der Waals surface area contributed by atoms with Crippen molar-refractivity contribution in [2.75, 3.05) is 18.4 Å². The molecule has 0 radical (unpaired) electrons. The van der Waals surface area contributed by atoms with E-state index in [1.54, 1.807) is 0 Å². The van der Waals surface area contributed by atoms with Crippen LogP contribution in [0.3, 0.4) is 0 Å². The number of aromatic nitrogens is 3. The first-order chi connectivity index (χ1) is 16.2. The van der Waals surface area contributed by atoms with Gasteiger partial charge in [0, 0.05) is 17.2 Å². The topological polar surface area (TPSA) is 97.3 Å². The van der Waals surface area contributed by atoms with Crippen molar-refractivity contribution < 1.29 is 13.7 Å². The maximum atomic E-state index is 12.6. The van der Waals surface area contributed by atoms with E-state index in [0.717, 1.165) is 42.7 Å². The van der Waals surface area contributed by atoms with Crippen LogP contribution in [0.2, 0.25) is 0 Å². The highest BCUT2D eigenvalue weighted by Gasteiger charge is 2.27. The molecule has 8 nitrogen and oxygen atoms in total. The molecule has 3 heterocycles. The summed E-state index contributed by atoms with van der Waals surface area (Å²) in [6.07, 6.45) is 1.59. The van der Waals surface area contributed by atoms with Gasteiger partial charge in [0.05, 0.1) is 6.54 Å². The molecule has 0 unspecified atom stereocenters. The molecular weight excluding hydrogens is 418 g/mol. The molecule has 2 aromatic carbocycles. The van der Waals surface area contributed by atoms with Crippen molar-refractivity contribution in [3.05, 3.63) is 72.3 Å². The molecule has 1 saturated heterocycles. The Morgan fingerprint density at radius 2 is 1.73 bits per heavy atom. The average molecular weight is 444 g/mol. The third-order valence-electron chi connectivity index (χ3n) is 5.95. The summed E-state index contributed by atoms with van der Waals surface area (Å²) in [4.78, 5) is 14.8.